The van der Waals surface area contributed by atoms with Crippen LogP contribution in [0.5, 0.6) is 0 Å². The molecule has 0 bridgehead atoms. The number of carbonyl (C=O) groups is 1. The highest BCUT2D eigenvalue weighted by Gasteiger charge is 2.14. The van der Waals surface area contributed by atoms with Crippen molar-refractivity contribution in [3.05, 3.63) is 36.0 Å². The van der Waals surface area contributed by atoms with Crippen molar-refractivity contribution in [2.75, 3.05) is 6.54 Å². The highest BCUT2D eigenvalue weighted by atomic mass is 16.1. The number of H-pyrrole nitrogens is 1. The third-order valence-electron chi connectivity index (χ3n) is 3.09. The molecule has 4 N–H and O–H groups in total. The van der Waals surface area contributed by atoms with Gasteiger partial charge in [-0.05, 0) is 18.6 Å². The molecule has 1 atom stereocenters. The van der Waals surface area contributed by atoms with Gasteiger partial charge in [0.25, 0.3) is 5.91 Å². The van der Waals surface area contributed by atoms with Gasteiger partial charge in [0.05, 0.1) is 11.1 Å². The molecule has 96 valence electrons. The van der Waals surface area contributed by atoms with Crippen LogP contribution in [0.3, 0.4) is 0 Å². The number of amides is 1. The van der Waals surface area contributed by atoms with Crippen LogP contribution >= 0.6 is 0 Å². The Bertz CT molecular complexity index is 533. The summed E-state index contributed by atoms with van der Waals surface area (Å²) in [6.07, 6.45) is 3.76. The average Bonchev–Trinajstić information content (AvgIpc) is 2.85. The summed E-state index contributed by atoms with van der Waals surface area (Å²) in [4.78, 5) is 15.3. The summed E-state index contributed by atoms with van der Waals surface area (Å²) in [6, 6.07) is 7.71. The van der Waals surface area contributed by atoms with E-state index in [1.807, 2.05) is 30.5 Å². The fourth-order valence-electron chi connectivity index (χ4n) is 2.13. The third kappa shape index (κ3) is 2.54. The molecule has 0 spiro atoms. The fourth-order valence-corrected chi connectivity index (χ4v) is 2.13. The van der Waals surface area contributed by atoms with Gasteiger partial charge in [-0.1, -0.05) is 25.5 Å². The first-order valence-corrected chi connectivity index (χ1v) is 6.33. The standard InChI is InChI=1S/C14H19N3O/c1-2-4-11(9-15)17-14(18)12-6-3-5-10-7-8-16-13(10)12/h3,5-8,11,16H,2,4,9,15H2,1H3,(H,17,18). The molecule has 1 aromatic carbocycles. The molecule has 0 aliphatic carbocycles. The molecule has 0 saturated carbocycles. The van der Waals surface area contributed by atoms with Gasteiger partial charge in [-0.2, -0.15) is 0 Å². The average molecular weight is 245 g/mol. The van der Waals surface area contributed by atoms with E-state index in [4.69, 9.17) is 5.73 Å². The minimum absolute atomic E-state index is 0.0488. The molecule has 1 aromatic heterocycles. The number of para-hydroxylation sites is 1. The summed E-state index contributed by atoms with van der Waals surface area (Å²) < 4.78 is 0. The molecule has 18 heavy (non-hydrogen) atoms. The molecular weight excluding hydrogens is 226 g/mol. The molecule has 2 aromatic rings. The van der Waals surface area contributed by atoms with Crippen LogP contribution in [0.2, 0.25) is 0 Å². The van der Waals surface area contributed by atoms with Crippen molar-refractivity contribution in [2.45, 2.75) is 25.8 Å². The van der Waals surface area contributed by atoms with E-state index in [1.165, 1.54) is 0 Å². The van der Waals surface area contributed by atoms with Crippen LogP contribution in [0.15, 0.2) is 30.5 Å². The Balaban J connectivity index is 2.20. The summed E-state index contributed by atoms with van der Waals surface area (Å²) in [6.45, 7) is 2.56. The summed E-state index contributed by atoms with van der Waals surface area (Å²) >= 11 is 0. The van der Waals surface area contributed by atoms with Crippen LogP contribution in [-0.2, 0) is 0 Å². The topological polar surface area (TPSA) is 70.9 Å². The lowest BCUT2D eigenvalue weighted by Gasteiger charge is -2.16. The van der Waals surface area contributed by atoms with Gasteiger partial charge in [-0.3, -0.25) is 4.79 Å². The van der Waals surface area contributed by atoms with Crippen molar-refractivity contribution in [1.29, 1.82) is 0 Å². The molecular formula is C14H19N3O. The molecule has 1 amide bonds. The van der Waals surface area contributed by atoms with Crippen LogP contribution in [0, 0.1) is 0 Å². The number of aromatic nitrogens is 1. The van der Waals surface area contributed by atoms with Crippen LogP contribution in [0.4, 0.5) is 0 Å². The SMILES string of the molecule is CCCC(CN)NC(=O)c1cccc2cc[nH]c12. The molecule has 4 nitrogen and oxygen atoms in total. The van der Waals surface area contributed by atoms with Gasteiger partial charge in [-0.15, -0.1) is 0 Å². The second-order valence-electron chi connectivity index (χ2n) is 4.44. The predicted octanol–water partition coefficient (Wildman–Crippen LogP) is 2.03. The molecule has 4 heteroatoms. The van der Waals surface area contributed by atoms with Crippen LogP contribution in [-0.4, -0.2) is 23.5 Å². The largest absolute Gasteiger partial charge is 0.361 e. The lowest BCUT2D eigenvalue weighted by atomic mass is 10.1. The molecule has 0 aliphatic heterocycles. The zero-order valence-corrected chi connectivity index (χ0v) is 10.6. The molecule has 1 unspecified atom stereocenters. The first kappa shape index (κ1) is 12.6. The highest BCUT2D eigenvalue weighted by Crippen LogP contribution is 2.16. The number of hydrogen-bond acceptors (Lipinski definition) is 2. The van der Waals surface area contributed by atoms with Crippen molar-refractivity contribution in [1.82, 2.24) is 10.3 Å². The summed E-state index contributed by atoms with van der Waals surface area (Å²) in [7, 11) is 0. The monoisotopic (exact) mass is 245 g/mol. The lowest BCUT2D eigenvalue weighted by molar-refractivity contribution is 0.0937. The van der Waals surface area contributed by atoms with Gasteiger partial charge >= 0.3 is 0 Å². The van der Waals surface area contributed by atoms with Crippen molar-refractivity contribution in [3.63, 3.8) is 0 Å². The second kappa shape index (κ2) is 5.69. The highest BCUT2D eigenvalue weighted by molar-refractivity contribution is 6.05. The van der Waals surface area contributed by atoms with E-state index in [1.54, 1.807) is 0 Å². The number of rotatable bonds is 5. The maximum Gasteiger partial charge on any atom is 0.253 e. The number of fused-ring (bicyclic) bond motifs is 1. The van der Waals surface area contributed by atoms with E-state index >= 15 is 0 Å². The Kier molecular flexibility index (Phi) is 3.99. The molecule has 0 radical (unpaired) electrons. The molecule has 0 fully saturated rings. The normalized spacial score (nSPS) is 12.6. The van der Waals surface area contributed by atoms with Crippen molar-refractivity contribution in [3.8, 4) is 0 Å². The van der Waals surface area contributed by atoms with Gasteiger partial charge in [0, 0.05) is 24.2 Å². The van der Waals surface area contributed by atoms with Gasteiger partial charge in [0.2, 0.25) is 0 Å². The Morgan fingerprint density at radius 2 is 2.28 bits per heavy atom. The summed E-state index contributed by atoms with van der Waals surface area (Å²) in [5.41, 5.74) is 7.21. The first-order valence-electron chi connectivity index (χ1n) is 6.33. The number of nitrogens with one attached hydrogen (secondary N) is 2. The van der Waals surface area contributed by atoms with Gasteiger partial charge in [-0.25, -0.2) is 0 Å². The van der Waals surface area contributed by atoms with E-state index in [0.717, 1.165) is 23.7 Å². The third-order valence-corrected chi connectivity index (χ3v) is 3.09. The lowest BCUT2D eigenvalue weighted by Crippen LogP contribution is -2.40. The Morgan fingerprint density at radius 3 is 3.00 bits per heavy atom. The van der Waals surface area contributed by atoms with Crippen LogP contribution < -0.4 is 11.1 Å². The van der Waals surface area contributed by atoms with Gasteiger partial charge < -0.3 is 16.0 Å². The van der Waals surface area contributed by atoms with Crippen molar-refractivity contribution < 1.29 is 4.79 Å². The summed E-state index contributed by atoms with van der Waals surface area (Å²) in [5, 5.41) is 4.03. The zero-order valence-electron chi connectivity index (χ0n) is 10.6. The Hall–Kier alpha value is -1.81. The van der Waals surface area contributed by atoms with E-state index in [9.17, 15) is 4.79 Å². The maximum absolute atomic E-state index is 12.2. The smallest absolute Gasteiger partial charge is 0.253 e. The van der Waals surface area contributed by atoms with Crippen LogP contribution in [0.25, 0.3) is 10.9 Å². The van der Waals surface area contributed by atoms with Gasteiger partial charge in [0.1, 0.15) is 0 Å². The van der Waals surface area contributed by atoms with Crippen molar-refractivity contribution in [2.24, 2.45) is 5.73 Å². The molecule has 2 rings (SSSR count). The first-order chi connectivity index (χ1) is 8.76. The predicted molar refractivity (Wildman–Crippen MR) is 73.5 cm³/mol. The number of benzene rings is 1. The fraction of sp³-hybridized carbons (Fsp3) is 0.357. The van der Waals surface area contributed by atoms with E-state index in [-0.39, 0.29) is 11.9 Å². The van der Waals surface area contributed by atoms with E-state index < -0.39 is 0 Å². The van der Waals surface area contributed by atoms with E-state index in [2.05, 4.69) is 17.2 Å². The molecule has 0 aliphatic rings. The number of hydrogen-bond donors (Lipinski definition) is 3. The zero-order chi connectivity index (χ0) is 13.0. The van der Waals surface area contributed by atoms with Crippen LogP contribution in [0.1, 0.15) is 30.1 Å². The van der Waals surface area contributed by atoms with E-state index in [0.29, 0.717) is 12.1 Å². The molecule has 0 saturated heterocycles. The summed E-state index contributed by atoms with van der Waals surface area (Å²) in [5.74, 6) is -0.0630. The second-order valence-corrected chi connectivity index (χ2v) is 4.44. The van der Waals surface area contributed by atoms with Crippen molar-refractivity contribution >= 4 is 16.8 Å². The number of aromatic amines is 1. The maximum atomic E-state index is 12.2. The Labute approximate surface area is 107 Å². The quantitative estimate of drug-likeness (QED) is 0.754. The number of carbonyl (C=O) groups excluding carboxylic acids is 1. The Morgan fingerprint density at radius 1 is 1.44 bits per heavy atom. The minimum atomic E-state index is -0.0630. The molecule has 1 heterocycles. The van der Waals surface area contributed by atoms with Gasteiger partial charge in [0.15, 0.2) is 0 Å². The minimum Gasteiger partial charge on any atom is -0.361 e. The number of nitrogens with two attached hydrogens (primary N) is 1.